The van der Waals surface area contributed by atoms with Crippen molar-refractivity contribution in [3.05, 3.63) is 83.4 Å². The molecule has 0 aliphatic rings. The fourth-order valence-electron chi connectivity index (χ4n) is 2.75. The molecule has 9 heteroatoms. The lowest BCUT2D eigenvalue weighted by molar-refractivity contribution is 0.102. The van der Waals surface area contributed by atoms with Crippen LogP contribution in [0.25, 0.3) is 0 Å². The average molecular weight is 432 g/mol. The Hall–Kier alpha value is -3.46. The van der Waals surface area contributed by atoms with Gasteiger partial charge in [0.1, 0.15) is 22.3 Å². The quantitative estimate of drug-likeness (QED) is 0.607. The van der Waals surface area contributed by atoms with Gasteiger partial charge in [0.2, 0.25) is 0 Å². The van der Waals surface area contributed by atoms with Crippen LogP contribution in [-0.4, -0.2) is 21.4 Å². The molecular weight excluding hydrogens is 414 g/mol. The first-order valence-corrected chi connectivity index (χ1v) is 10.2. The molecule has 3 rings (SSSR count). The molecule has 0 aliphatic heterocycles. The van der Waals surface area contributed by atoms with Crippen LogP contribution in [0, 0.1) is 18.6 Å². The minimum absolute atomic E-state index is 0.0384. The van der Waals surface area contributed by atoms with E-state index >= 15 is 0 Å². The van der Waals surface area contributed by atoms with E-state index in [2.05, 4.69) is 10.0 Å². The third-order valence-corrected chi connectivity index (χ3v) is 5.66. The molecule has 0 bridgehead atoms. The van der Waals surface area contributed by atoms with E-state index in [0.29, 0.717) is 22.9 Å². The zero-order chi connectivity index (χ0) is 21.9. The number of carbonyl (C=O) groups excluding carboxylic acids is 1. The number of rotatable bonds is 6. The lowest BCUT2D eigenvalue weighted by Crippen LogP contribution is -2.16. The Labute approximate surface area is 172 Å². The van der Waals surface area contributed by atoms with Gasteiger partial charge in [-0.2, -0.15) is 0 Å². The number of nitrogens with one attached hydrogen (secondary N) is 2. The molecule has 0 heterocycles. The zero-order valence-corrected chi connectivity index (χ0v) is 16.9. The number of hydrogen-bond donors (Lipinski definition) is 2. The molecule has 1 amide bonds. The predicted octanol–water partition coefficient (Wildman–Crippen LogP) is 4.33. The second kappa shape index (κ2) is 8.50. The third kappa shape index (κ3) is 4.57. The Kier molecular flexibility index (Phi) is 6.02. The minimum atomic E-state index is -4.35. The van der Waals surface area contributed by atoms with Crippen molar-refractivity contribution >= 4 is 27.3 Å². The summed E-state index contributed by atoms with van der Waals surface area (Å²) in [5.41, 5.74) is 1.44. The van der Waals surface area contributed by atoms with Crippen molar-refractivity contribution < 1.29 is 26.7 Å². The van der Waals surface area contributed by atoms with Gasteiger partial charge in [0.05, 0.1) is 12.8 Å². The number of benzene rings is 3. The predicted molar refractivity (Wildman–Crippen MR) is 109 cm³/mol. The summed E-state index contributed by atoms with van der Waals surface area (Å²) in [6, 6.07) is 13.6. The lowest BCUT2D eigenvalue weighted by Gasteiger charge is -2.16. The van der Waals surface area contributed by atoms with E-state index in [9.17, 15) is 22.0 Å². The van der Waals surface area contributed by atoms with Crippen LogP contribution in [0.4, 0.5) is 20.2 Å². The Morgan fingerprint density at radius 1 is 0.967 bits per heavy atom. The highest BCUT2D eigenvalue weighted by Gasteiger charge is 2.22. The fraction of sp³-hybridized carbons (Fsp3) is 0.0952. The number of sulfonamides is 1. The maximum Gasteiger partial charge on any atom is 0.264 e. The summed E-state index contributed by atoms with van der Waals surface area (Å²) in [6.45, 7) is 1.66. The number of halogens is 2. The molecule has 30 heavy (non-hydrogen) atoms. The van der Waals surface area contributed by atoms with Crippen LogP contribution >= 0.6 is 0 Å². The van der Waals surface area contributed by atoms with Crippen LogP contribution in [-0.2, 0) is 10.0 Å². The summed E-state index contributed by atoms with van der Waals surface area (Å²) in [4.78, 5) is 11.7. The Balaban J connectivity index is 1.91. The first kappa shape index (κ1) is 21.3. The number of ether oxygens (including phenoxy) is 1. The Morgan fingerprint density at radius 3 is 2.30 bits per heavy atom. The zero-order valence-electron chi connectivity index (χ0n) is 16.1. The van der Waals surface area contributed by atoms with Crippen molar-refractivity contribution in [2.45, 2.75) is 11.8 Å². The molecule has 6 nitrogen and oxygen atoms in total. The molecule has 0 aliphatic carbocycles. The summed E-state index contributed by atoms with van der Waals surface area (Å²) in [6.07, 6.45) is 0. The largest absolute Gasteiger partial charge is 0.494 e. The first-order chi connectivity index (χ1) is 14.2. The van der Waals surface area contributed by atoms with E-state index in [1.165, 1.54) is 19.2 Å². The van der Waals surface area contributed by atoms with E-state index in [4.69, 9.17) is 4.74 Å². The van der Waals surface area contributed by atoms with Gasteiger partial charge in [0.25, 0.3) is 15.9 Å². The number of hydrogen-bond acceptors (Lipinski definition) is 4. The summed E-state index contributed by atoms with van der Waals surface area (Å²) in [5.74, 6) is -2.35. The topological polar surface area (TPSA) is 84.5 Å². The second-order valence-corrected chi connectivity index (χ2v) is 8.02. The lowest BCUT2D eigenvalue weighted by atomic mass is 10.1. The Morgan fingerprint density at radius 2 is 1.67 bits per heavy atom. The van der Waals surface area contributed by atoms with Crippen LogP contribution < -0.4 is 14.8 Å². The first-order valence-electron chi connectivity index (χ1n) is 8.74. The molecule has 2 N–H and O–H groups in total. The summed E-state index contributed by atoms with van der Waals surface area (Å²) in [7, 11) is -3.02. The van der Waals surface area contributed by atoms with Gasteiger partial charge in [-0.25, -0.2) is 17.2 Å². The molecule has 0 fully saturated rings. The minimum Gasteiger partial charge on any atom is -0.494 e. The molecule has 0 saturated heterocycles. The maximum absolute atomic E-state index is 13.9. The normalized spacial score (nSPS) is 11.1. The summed E-state index contributed by atoms with van der Waals surface area (Å²) >= 11 is 0. The van der Waals surface area contributed by atoms with Gasteiger partial charge in [-0.3, -0.25) is 9.52 Å². The van der Waals surface area contributed by atoms with Crippen LogP contribution in [0.3, 0.4) is 0 Å². The van der Waals surface area contributed by atoms with Crippen LogP contribution in [0.15, 0.2) is 65.6 Å². The maximum atomic E-state index is 13.9. The highest BCUT2D eigenvalue weighted by Crippen LogP contribution is 2.33. The highest BCUT2D eigenvalue weighted by molar-refractivity contribution is 7.92. The van der Waals surface area contributed by atoms with Crippen molar-refractivity contribution in [3.63, 3.8) is 0 Å². The summed E-state index contributed by atoms with van der Waals surface area (Å²) < 4.78 is 59.6. The highest BCUT2D eigenvalue weighted by atomic mass is 32.2. The molecule has 0 spiro atoms. The second-order valence-electron chi connectivity index (χ2n) is 6.37. The van der Waals surface area contributed by atoms with Crippen molar-refractivity contribution in [3.8, 4) is 5.75 Å². The Bertz CT molecular complexity index is 1200. The van der Waals surface area contributed by atoms with Gasteiger partial charge in [-0.15, -0.1) is 0 Å². The van der Waals surface area contributed by atoms with E-state index in [-0.39, 0.29) is 17.3 Å². The van der Waals surface area contributed by atoms with Crippen molar-refractivity contribution in [2.75, 3.05) is 17.1 Å². The average Bonchev–Trinajstić information content (AvgIpc) is 2.70. The molecule has 0 aromatic heterocycles. The van der Waals surface area contributed by atoms with Crippen molar-refractivity contribution in [1.29, 1.82) is 0 Å². The number of aryl methyl sites for hydroxylation is 1. The van der Waals surface area contributed by atoms with Gasteiger partial charge in [-0.1, -0.05) is 18.2 Å². The summed E-state index contributed by atoms with van der Waals surface area (Å²) in [5, 5.41) is 2.74. The smallest absolute Gasteiger partial charge is 0.264 e. The van der Waals surface area contributed by atoms with Gasteiger partial charge in [-0.05, 0) is 42.8 Å². The van der Waals surface area contributed by atoms with E-state index in [1.807, 2.05) is 0 Å². The van der Waals surface area contributed by atoms with Crippen LogP contribution in [0.1, 0.15) is 15.9 Å². The van der Waals surface area contributed by atoms with E-state index < -0.39 is 26.6 Å². The number of carbonyl (C=O) groups is 1. The van der Waals surface area contributed by atoms with Gasteiger partial charge in [0, 0.05) is 23.4 Å². The van der Waals surface area contributed by atoms with Crippen LogP contribution in [0.2, 0.25) is 0 Å². The van der Waals surface area contributed by atoms with E-state index in [1.54, 1.807) is 37.3 Å². The van der Waals surface area contributed by atoms with Crippen molar-refractivity contribution in [1.82, 2.24) is 0 Å². The molecule has 0 unspecified atom stereocenters. The van der Waals surface area contributed by atoms with Gasteiger partial charge < -0.3 is 10.1 Å². The van der Waals surface area contributed by atoms with E-state index in [0.717, 1.165) is 12.1 Å². The van der Waals surface area contributed by atoms with Crippen LogP contribution in [0.5, 0.6) is 5.75 Å². The third-order valence-electron chi connectivity index (χ3n) is 4.26. The molecule has 156 valence electrons. The number of anilines is 2. The number of methoxy groups -OCH3 is 1. The molecule has 3 aromatic rings. The fourth-order valence-corrected chi connectivity index (χ4v) is 3.87. The SMILES string of the molecule is COc1cc(NC(=O)c2ccccc2)c(C)cc1NS(=O)(=O)c1ccc(F)cc1F. The molecule has 0 radical (unpaired) electrons. The number of amides is 1. The molecule has 0 atom stereocenters. The standard InChI is InChI=1S/C21H18F2N2O4S/c1-13-10-18(25-30(27,28)20-9-8-15(22)11-16(20)23)19(29-2)12-17(13)24-21(26)14-6-4-3-5-7-14/h3-12,25H,1-2H3,(H,24,26). The monoisotopic (exact) mass is 432 g/mol. The van der Waals surface area contributed by atoms with Gasteiger partial charge in [0.15, 0.2) is 0 Å². The van der Waals surface area contributed by atoms with Crippen molar-refractivity contribution in [2.24, 2.45) is 0 Å². The van der Waals surface area contributed by atoms with Gasteiger partial charge >= 0.3 is 0 Å². The molecule has 0 saturated carbocycles. The molecule has 3 aromatic carbocycles. The molecular formula is C21H18F2N2O4S.